The summed E-state index contributed by atoms with van der Waals surface area (Å²) in [6.45, 7) is 3.17. The maximum absolute atomic E-state index is 13.7. The minimum absolute atomic E-state index is 0.169. The fourth-order valence-corrected chi connectivity index (χ4v) is 6.58. The first-order valence-electron chi connectivity index (χ1n) is 13.9. The molecule has 4 heterocycles. The highest BCUT2D eigenvalue weighted by molar-refractivity contribution is 7.89. The molecule has 1 aliphatic carbocycles. The van der Waals surface area contributed by atoms with E-state index in [2.05, 4.69) is 25.2 Å². The second-order valence-electron chi connectivity index (χ2n) is 11.6. The van der Waals surface area contributed by atoms with Crippen LogP contribution < -0.4 is 14.9 Å². The number of aliphatic hydroxyl groups is 1. The minimum Gasteiger partial charge on any atom is -0.395 e. The molecule has 6 rings (SSSR count). The lowest BCUT2D eigenvalue weighted by Gasteiger charge is -2.35. The fourth-order valence-electron chi connectivity index (χ4n) is 5.84. The van der Waals surface area contributed by atoms with Crippen LogP contribution in [0.15, 0.2) is 30.5 Å². The van der Waals surface area contributed by atoms with Gasteiger partial charge in [-0.25, -0.2) is 37.0 Å². The highest BCUT2D eigenvalue weighted by Gasteiger charge is 2.44. The van der Waals surface area contributed by atoms with Gasteiger partial charge in [0.05, 0.1) is 29.9 Å². The zero-order chi connectivity index (χ0) is 29.0. The summed E-state index contributed by atoms with van der Waals surface area (Å²) in [5.41, 5.74) is 4.03. The number of aryl methyl sites for hydroxylation is 1. The van der Waals surface area contributed by atoms with Crippen molar-refractivity contribution in [3.05, 3.63) is 41.7 Å². The number of halogens is 2. The lowest BCUT2D eigenvalue weighted by molar-refractivity contribution is -0.0222. The van der Waals surface area contributed by atoms with E-state index < -0.39 is 27.8 Å². The molecule has 2 aliphatic heterocycles. The van der Waals surface area contributed by atoms with E-state index in [0.29, 0.717) is 39.7 Å². The Hall–Kier alpha value is -3.23. The van der Waals surface area contributed by atoms with Crippen molar-refractivity contribution in [2.75, 3.05) is 42.6 Å². The van der Waals surface area contributed by atoms with Gasteiger partial charge in [0.2, 0.25) is 16.0 Å². The molecule has 1 unspecified atom stereocenters. The summed E-state index contributed by atoms with van der Waals surface area (Å²) in [6.07, 6.45) is 5.87. The topological polar surface area (TPSA) is 143 Å². The third-order valence-electron chi connectivity index (χ3n) is 8.68. The van der Waals surface area contributed by atoms with Crippen LogP contribution in [0, 0.1) is 12.3 Å². The number of nitrogens with zero attached hydrogens (tertiary/aromatic N) is 7. The lowest BCUT2D eigenvalue weighted by Crippen LogP contribution is -2.40. The Bertz CT molecular complexity index is 1540. The van der Waals surface area contributed by atoms with Crippen molar-refractivity contribution >= 4 is 21.7 Å². The van der Waals surface area contributed by atoms with Gasteiger partial charge in [0.15, 0.2) is 0 Å². The first-order chi connectivity index (χ1) is 19.5. The molecule has 14 heteroatoms. The van der Waals surface area contributed by atoms with Gasteiger partial charge in [-0.2, -0.15) is 0 Å². The summed E-state index contributed by atoms with van der Waals surface area (Å²) in [5.74, 6) is -2.28. The summed E-state index contributed by atoms with van der Waals surface area (Å²) in [4.78, 5) is 13.1. The second-order valence-corrected chi connectivity index (χ2v) is 13.3. The van der Waals surface area contributed by atoms with Crippen molar-refractivity contribution in [2.45, 2.75) is 56.6 Å². The van der Waals surface area contributed by atoms with Gasteiger partial charge in [-0.1, -0.05) is 11.3 Å². The molecule has 0 amide bonds. The fraction of sp³-hybridized carbons (Fsp3) is 0.556. The number of aromatic nitrogens is 5. The van der Waals surface area contributed by atoms with Gasteiger partial charge in [-0.15, -0.1) is 5.10 Å². The second kappa shape index (κ2) is 10.2. The smallest absolute Gasteiger partial charge is 0.251 e. The molecule has 3 fully saturated rings. The molecular weight excluding hydrogens is 554 g/mol. The number of anilines is 2. The first-order valence-corrected chi connectivity index (χ1v) is 15.5. The van der Waals surface area contributed by atoms with Gasteiger partial charge in [0.25, 0.3) is 5.92 Å². The van der Waals surface area contributed by atoms with E-state index >= 15 is 0 Å². The third kappa shape index (κ3) is 5.77. The van der Waals surface area contributed by atoms with Crippen molar-refractivity contribution in [3.8, 4) is 17.1 Å². The Kier molecular flexibility index (Phi) is 6.97. The summed E-state index contributed by atoms with van der Waals surface area (Å²) in [6, 6.07) is 6.95. The van der Waals surface area contributed by atoms with Gasteiger partial charge >= 0.3 is 0 Å². The van der Waals surface area contributed by atoms with Crippen molar-refractivity contribution in [2.24, 2.45) is 10.6 Å². The number of primary sulfonamides is 1. The van der Waals surface area contributed by atoms with Crippen LogP contribution >= 0.6 is 0 Å². The van der Waals surface area contributed by atoms with Crippen LogP contribution in [0.25, 0.3) is 17.1 Å². The highest BCUT2D eigenvalue weighted by Crippen LogP contribution is 2.54. The van der Waals surface area contributed by atoms with Crippen molar-refractivity contribution in [3.63, 3.8) is 0 Å². The van der Waals surface area contributed by atoms with E-state index in [9.17, 15) is 22.3 Å². The largest absolute Gasteiger partial charge is 0.395 e. The van der Waals surface area contributed by atoms with E-state index in [1.54, 1.807) is 40.0 Å². The molecular formula is C27H34F2N8O3S. The van der Waals surface area contributed by atoms with Crippen molar-refractivity contribution < 1.29 is 22.3 Å². The van der Waals surface area contributed by atoms with Crippen LogP contribution in [0.3, 0.4) is 0 Å². The van der Waals surface area contributed by atoms with Crippen LogP contribution in [0.5, 0.6) is 0 Å². The van der Waals surface area contributed by atoms with Gasteiger partial charge < -0.3 is 14.9 Å². The van der Waals surface area contributed by atoms with Gasteiger partial charge in [0, 0.05) is 44.7 Å². The van der Waals surface area contributed by atoms with Gasteiger partial charge in [0.1, 0.15) is 10.9 Å². The molecule has 0 radical (unpaired) electrons. The number of hydrogen-bond acceptors (Lipinski definition) is 9. The minimum atomic E-state index is -4.02. The number of alkyl halides is 2. The Morgan fingerprint density at radius 3 is 2.27 bits per heavy atom. The van der Waals surface area contributed by atoms with Crippen LogP contribution in [0.4, 0.5) is 20.4 Å². The van der Waals surface area contributed by atoms with Gasteiger partial charge in [-0.05, 0) is 61.8 Å². The van der Waals surface area contributed by atoms with Gasteiger partial charge in [-0.3, -0.25) is 0 Å². The number of piperidine rings is 2. The number of benzene rings is 1. The molecule has 2 saturated heterocycles. The van der Waals surface area contributed by atoms with E-state index in [1.807, 2.05) is 6.92 Å². The Balaban J connectivity index is 1.33. The maximum atomic E-state index is 13.7. The van der Waals surface area contributed by atoms with Crippen molar-refractivity contribution in [1.29, 1.82) is 0 Å². The molecule has 1 spiro atoms. The summed E-state index contributed by atoms with van der Waals surface area (Å²) < 4.78 is 53.4. The monoisotopic (exact) mass is 588 g/mol. The van der Waals surface area contributed by atoms with Crippen molar-refractivity contribution in [1.82, 2.24) is 25.0 Å². The molecule has 2 aromatic heterocycles. The molecule has 3 aromatic rings. The molecule has 3 aliphatic rings. The third-order valence-corrected chi connectivity index (χ3v) is 9.89. The van der Waals surface area contributed by atoms with E-state index in [4.69, 9.17) is 5.14 Å². The lowest BCUT2D eigenvalue weighted by atomic mass is 9.93. The first kappa shape index (κ1) is 27.9. The summed E-state index contributed by atoms with van der Waals surface area (Å²) in [5, 5.41) is 22.7. The predicted octanol–water partition coefficient (Wildman–Crippen LogP) is 2.97. The average Bonchev–Trinajstić information content (AvgIpc) is 3.48. The van der Waals surface area contributed by atoms with Crippen LogP contribution in [-0.2, 0) is 10.0 Å². The van der Waals surface area contributed by atoms with Crippen LogP contribution in [0.1, 0.15) is 55.0 Å². The predicted molar refractivity (Wildman–Crippen MR) is 150 cm³/mol. The molecule has 3 N–H and O–H groups in total. The standard InChI is InChI=1S/C27H34F2N8O3S/c1-18-14-20(32-25(31-18)36-12-8-27(28,29)9-13-36)21-16-37(34-33-21)22-3-2-19(24(17-38)41(30,39)40)15-23(22)35-10-6-26(4-5-26)7-11-35/h2-3,14-16,24,38H,4-13,17H2,1H3,(H2,30,39,40). The number of aliphatic hydroxyl groups excluding tert-OH is 1. The Morgan fingerprint density at radius 2 is 1.63 bits per heavy atom. The number of nitrogens with two attached hydrogens (primary N) is 1. The molecule has 220 valence electrons. The zero-order valence-corrected chi connectivity index (χ0v) is 23.7. The molecule has 1 atom stereocenters. The number of sulfonamides is 1. The quantitative estimate of drug-likeness (QED) is 0.426. The summed E-state index contributed by atoms with van der Waals surface area (Å²) >= 11 is 0. The van der Waals surface area contributed by atoms with E-state index in [0.717, 1.165) is 31.6 Å². The van der Waals surface area contributed by atoms with Crippen LogP contribution in [-0.4, -0.2) is 77.2 Å². The van der Waals surface area contributed by atoms with E-state index in [1.165, 1.54) is 12.8 Å². The number of hydrogen-bond donors (Lipinski definition) is 2. The Morgan fingerprint density at radius 1 is 0.951 bits per heavy atom. The zero-order valence-electron chi connectivity index (χ0n) is 22.9. The highest BCUT2D eigenvalue weighted by atomic mass is 32.2. The normalized spacial score (nSPS) is 20.8. The Labute approximate surface area is 237 Å². The summed E-state index contributed by atoms with van der Waals surface area (Å²) in [7, 11) is -4.02. The molecule has 11 nitrogen and oxygen atoms in total. The molecule has 1 aromatic carbocycles. The molecule has 0 bridgehead atoms. The maximum Gasteiger partial charge on any atom is 0.251 e. The molecule has 41 heavy (non-hydrogen) atoms. The number of rotatable bonds is 7. The van der Waals surface area contributed by atoms with E-state index in [-0.39, 0.29) is 25.9 Å². The SMILES string of the molecule is Cc1cc(-c2cn(-c3ccc(C(CO)S(N)(=O)=O)cc3N3CCC4(CC3)CC4)nn2)nc(N2CCC(F)(F)CC2)n1. The average molecular weight is 589 g/mol. The van der Waals surface area contributed by atoms with Crippen LogP contribution in [0.2, 0.25) is 0 Å². The molecule has 1 saturated carbocycles.